The van der Waals surface area contributed by atoms with Gasteiger partial charge in [-0.15, -0.1) is 0 Å². The van der Waals surface area contributed by atoms with Crippen LogP contribution in [0, 0.1) is 0 Å². The second-order valence-electron chi connectivity index (χ2n) is 3.84. The standard InChI is InChI=1S/C13H19Br2NO/c1-2-7-16(8-6-14)9-10-17-13-5-3-4-12(15)11-13/h3-5,11H,2,6-10H2,1H3. The molecule has 0 heterocycles. The van der Waals surface area contributed by atoms with Gasteiger partial charge < -0.3 is 4.74 Å². The van der Waals surface area contributed by atoms with Crippen molar-refractivity contribution in [2.75, 3.05) is 31.6 Å². The minimum atomic E-state index is 0.740. The highest BCUT2D eigenvalue weighted by molar-refractivity contribution is 9.10. The van der Waals surface area contributed by atoms with Crippen LogP contribution in [0.15, 0.2) is 28.7 Å². The van der Waals surface area contributed by atoms with Gasteiger partial charge in [0.05, 0.1) is 0 Å². The molecule has 0 amide bonds. The summed E-state index contributed by atoms with van der Waals surface area (Å²) in [5, 5.41) is 1.02. The number of halogens is 2. The lowest BCUT2D eigenvalue weighted by Crippen LogP contribution is -2.30. The van der Waals surface area contributed by atoms with Crippen molar-refractivity contribution in [3.05, 3.63) is 28.7 Å². The number of ether oxygens (including phenoxy) is 1. The van der Waals surface area contributed by atoms with E-state index in [4.69, 9.17) is 4.74 Å². The lowest BCUT2D eigenvalue weighted by Gasteiger charge is -2.20. The molecule has 17 heavy (non-hydrogen) atoms. The van der Waals surface area contributed by atoms with E-state index in [2.05, 4.69) is 43.7 Å². The molecule has 0 aliphatic carbocycles. The van der Waals surface area contributed by atoms with Crippen molar-refractivity contribution in [2.24, 2.45) is 0 Å². The van der Waals surface area contributed by atoms with Gasteiger partial charge in [0.15, 0.2) is 0 Å². The maximum absolute atomic E-state index is 5.72. The Balaban J connectivity index is 2.30. The Morgan fingerprint density at radius 1 is 1.24 bits per heavy atom. The summed E-state index contributed by atoms with van der Waals surface area (Å²) in [6, 6.07) is 7.97. The Morgan fingerprint density at radius 2 is 2.06 bits per heavy atom. The first-order chi connectivity index (χ1) is 8.26. The first kappa shape index (κ1) is 15.0. The fourth-order valence-electron chi connectivity index (χ4n) is 1.62. The zero-order chi connectivity index (χ0) is 12.5. The molecule has 2 nitrogen and oxygen atoms in total. The summed E-state index contributed by atoms with van der Waals surface area (Å²) in [7, 11) is 0. The molecule has 4 heteroatoms. The molecular formula is C13H19Br2NO. The van der Waals surface area contributed by atoms with Gasteiger partial charge in [0.25, 0.3) is 0 Å². The van der Waals surface area contributed by atoms with Gasteiger partial charge in [0.1, 0.15) is 12.4 Å². The highest BCUT2D eigenvalue weighted by Gasteiger charge is 2.03. The molecule has 0 aromatic heterocycles. The average molecular weight is 365 g/mol. The van der Waals surface area contributed by atoms with Crippen LogP contribution in [0.2, 0.25) is 0 Å². The van der Waals surface area contributed by atoms with Crippen molar-refractivity contribution < 1.29 is 4.74 Å². The van der Waals surface area contributed by atoms with Crippen molar-refractivity contribution >= 4 is 31.9 Å². The maximum Gasteiger partial charge on any atom is 0.120 e. The number of nitrogens with zero attached hydrogens (tertiary/aromatic N) is 1. The Morgan fingerprint density at radius 3 is 2.71 bits per heavy atom. The SMILES string of the molecule is CCCN(CCBr)CCOc1cccc(Br)c1. The van der Waals surface area contributed by atoms with Gasteiger partial charge in [-0.3, -0.25) is 4.90 Å². The van der Waals surface area contributed by atoms with Gasteiger partial charge in [-0.25, -0.2) is 0 Å². The highest BCUT2D eigenvalue weighted by Crippen LogP contribution is 2.17. The molecule has 96 valence electrons. The van der Waals surface area contributed by atoms with Crippen molar-refractivity contribution in [3.63, 3.8) is 0 Å². The molecule has 0 bridgehead atoms. The molecule has 0 atom stereocenters. The molecular weight excluding hydrogens is 346 g/mol. The van der Waals surface area contributed by atoms with Gasteiger partial charge in [-0.1, -0.05) is 44.8 Å². The number of benzene rings is 1. The minimum Gasteiger partial charge on any atom is -0.492 e. The number of hydrogen-bond donors (Lipinski definition) is 0. The molecule has 0 fully saturated rings. The van der Waals surface area contributed by atoms with Crippen LogP contribution in [0.25, 0.3) is 0 Å². The molecule has 0 aliphatic heterocycles. The first-order valence-corrected chi connectivity index (χ1v) is 7.84. The third-order valence-corrected chi connectivity index (χ3v) is 3.26. The Hall–Kier alpha value is -0.0600. The van der Waals surface area contributed by atoms with Crippen molar-refractivity contribution in [1.29, 1.82) is 0 Å². The van der Waals surface area contributed by atoms with Crippen LogP contribution < -0.4 is 4.74 Å². The van der Waals surface area contributed by atoms with E-state index >= 15 is 0 Å². The largest absolute Gasteiger partial charge is 0.492 e. The predicted octanol–water partition coefficient (Wildman–Crippen LogP) is 3.93. The summed E-state index contributed by atoms with van der Waals surface area (Å²) in [5.74, 6) is 0.926. The topological polar surface area (TPSA) is 12.5 Å². The molecule has 0 unspecified atom stereocenters. The molecule has 0 aliphatic rings. The highest BCUT2D eigenvalue weighted by atomic mass is 79.9. The number of hydrogen-bond acceptors (Lipinski definition) is 2. The quantitative estimate of drug-likeness (QED) is 0.648. The van der Waals surface area contributed by atoms with E-state index in [9.17, 15) is 0 Å². The average Bonchev–Trinajstić information content (AvgIpc) is 2.30. The zero-order valence-corrected chi connectivity index (χ0v) is 13.3. The lowest BCUT2D eigenvalue weighted by molar-refractivity contribution is 0.217. The van der Waals surface area contributed by atoms with E-state index in [0.717, 1.165) is 41.8 Å². The van der Waals surface area contributed by atoms with E-state index in [-0.39, 0.29) is 0 Å². The van der Waals surface area contributed by atoms with Gasteiger partial charge in [-0.05, 0) is 31.2 Å². The van der Waals surface area contributed by atoms with E-state index in [1.165, 1.54) is 6.42 Å². The molecule has 1 aromatic rings. The van der Waals surface area contributed by atoms with E-state index in [1.807, 2.05) is 24.3 Å². The smallest absolute Gasteiger partial charge is 0.120 e. The van der Waals surface area contributed by atoms with Crippen LogP contribution in [-0.4, -0.2) is 36.5 Å². The first-order valence-electron chi connectivity index (χ1n) is 5.93. The van der Waals surface area contributed by atoms with Gasteiger partial charge in [-0.2, -0.15) is 0 Å². The Bertz CT molecular complexity index is 314. The van der Waals surface area contributed by atoms with E-state index < -0.39 is 0 Å². The van der Waals surface area contributed by atoms with Crippen molar-refractivity contribution in [2.45, 2.75) is 13.3 Å². The molecule has 0 N–H and O–H groups in total. The Labute approximate surface area is 121 Å². The molecule has 0 saturated heterocycles. The molecule has 0 saturated carbocycles. The lowest BCUT2D eigenvalue weighted by atomic mass is 10.3. The predicted molar refractivity (Wildman–Crippen MR) is 80.2 cm³/mol. The summed E-state index contributed by atoms with van der Waals surface area (Å²) >= 11 is 6.91. The monoisotopic (exact) mass is 363 g/mol. The molecule has 1 rings (SSSR count). The zero-order valence-electron chi connectivity index (χ0n) is 10.2. The van der Waals surface area contributed by atoms with Crippen LogP contribution in [0.5, 0.6) is 5.75 Å². The second kappa shape index (κ2) is 8.95. The van der Waals surface area contributed by atoms with Crippen LogP contribution in [0.3, 0.4) is 0 Å². The Kier molecular flexibility index (Phi) is 7.90. The molecule has 0 radical (unpaired) electrons. The van der Waals surface area contributed by atoms with Gasteiger partial charge >= 0.3 is 0 Å². The maximum atomic E-state index is 5.72. The van der Waals surface area contributed by atoms with E-state index in [0.29, 0.717) is 0 Å². The van der Waals surface area contributed by atoms with Crippen LogP contribution in [0.4, 0.5) is 0 Å². The summed E-state index contributed by atoms with van der Waals surface area (Å²) in [5.41, 5.74) is 0. The normalized spacial score (nSPS) is 10.8. The summed E-state index contributed by atoms with van der Waals surface area (Å²) in [4.78, 5) is 2.41. The fraction of sp³-hybridized carbons (Fsp3) is 0.538. The molecule has 0 spiro atoms. The van der Waals surface area contributed by atoms with Crippen molar-refractivity contribution in [3.8, 4) is 5.75 Å². The minimum absolute atomic E-state index is 0.740. The van der Waals surface area contributed by atoms with Crippen molar-refractivity contribution in [1.82, 2.24) is 4.90 Å². The van der Waals surface area contributed by atoms with Gasteiger partial charge in [0, 0.05) is 22.9 Å². The number of alkyl halides is 1. The second-order valence-corrected chi connectivity index (χ2v) is 5.55. The van der Waals surface area contributed by atoms with Crippen LogP contribution in [-0.2, 0) is 0 Å². The summed E-state index contributed by atoms with van der Waals surface area (Å²) in [6.07, 6.45) is 1.18. The third-order valence-electron chi connectivity index (χ3n) is 2.41. The van der Waals surface area contributed by atoms with Crippen LogP contribution >= 0.6 is 31.9 Å². The fourth-order valence-corrected chi connectivity index (χ4v) is 2.50. The number of rotatable bonds is 8. The summed E-state index contributed by atoms with van der Waals surface area (Å²) in [6.45, 7) is 6.13. The third kappa shape index (κ3) is 6.43. The van der Waals surface area contributed by atoms with Crippen LogP contribution in [0.1, 0.15) is 13.3 Å². The van der Waals surface area contributed by atoms with E-state index in [1.54, 1.807) is 0 Å². The molecule has 1 aromatic carbocycles. The summed E-state index contributed by atoms with van der Waals surface area (Å²) < 4.78 is 6.78. The van der Waals surface area contributed by atoms with Gasteiger partial charge in [0.2, 0.25) is 0 Å².